The molecule has 2 fully saturated rings. The minimum absolute atomic E-state index is 0. The van der Waals surface area contributed by atoms with E-state index in [0.29, 0.717) is 13.1 Å². The normalized spacial score (nSPS) is 25.9. The number of hydrogen-bond acceptors (Lipinski definition) is 4. The van der Waals surface area contributed by atoms with Crippen molar-refractivity contribution < 1.29 is 18.7 Å². The van der Waals surface area contributed by atoms with Crippen molar-refractivity contribution in [2.75, 3.05) is 18.0 Å². The molecule has 29 heavy (non-hydrogen) atoms. The fraction of sp³-hybridized carbons (Fsp3) is 0.474. The molecule has 2 unspecified atom stereocenters. The van der Waals surface area contributed by atoms with E-state index in [0.717, 1.165) is 18.7 Å². The molecule has 3 N–H and O–H groups in total. The Hall–Kier alpha value is -1.90. The molecule has 2 aromatic rings. The average molecular weight is 448 g/mol. The second kappa shape index (κ2) is 7.74. The number of rotatable bonds is 4. The van der Waals surface area contributed by atoms with Crippen LogP contribution in [0.2, 0.25) is 5.02 Å². The quantitative estimate of drug-likeness (QED) is 0.749. The number of aromatic carboxylic acids is 1. The molecule has 0 radical (unpaired) electrons. The molecule has 4 rings (SSSR count). The summed E-state index contributed by atoms with van der Waals surface area (Å²) in [5, 5.41) is 9.13. The van der Waals surface area contributed by atoms with Crippen LogP contribution in [0.3, 0.4) is 0 Å². The van der Waals surface area contributed by atoms with E-state index in [1.54, 1.807) is 4.90 Å². The number of anilines is 1. The van der Waals surface area contributed by atoms with Crippen molar-refractivity contribution in [3.05, 3.63) is 38.9 Å². The van der Waals surface area contributed by atoms with Gasteiger partial charge in [0.05, 0.1) is 27.7 Å². The first-order valence-electron chi connectivity index (χ1n) is 9.19. The molecule has 2 heterocycles. The van der Waals surface area contributed by atoms with Crippen LogP contribution in [0.1, 0.15) is 36.2 Å². The van der Waals surface area contributed by atoms with Gasteiger partial charge in [0.2, 0.25) is 5.43 Å². The summed E-state index contributed by atoms with van der Waals surface area (Å²) in [5.74, 6) is -1.99. The smallest absolute Gasteiger partial charge is 0.341 e. The number of halogens is 4. The lowest BCUT2D eigenvalue weighted by molar-refractivity contribution is 0.0694. The predicted octanol–water partition coefficient (Wildman–Crippen LogP) is 3.37. The van der Waals surface area contributed by atoms with E-state index in [1.165, 1.54) is 4.57 Å². The van der Waals surface area contributed by atoms with Gasteiger partial charge in [0.15, 0.2) is 0 Å². The highest BCUT2D eigenvalue weighted by Crippen LogP contribution is 2.44. The molecule has 10 heteroatoms. The summed E-state index contributed by atoms with van der Waals surface area (Å²) >= 11 is 6.54. The van der Waals surface area contributed by atoms with Gasteiger partial charge in [-0.2, -0.15) is 0 Å². The number of nitrogens with two attached hydrogens (primary N) is 1. The first-order chi connectivity index (χ1) is 13.2. The molecular weight excluding hydrogens is 427 g/mol. The van der Waals surface area contributed by atoms with Crippen LogP contribution in [-0.4, -0.2) is 40.9 Å². The van der Waals surface area contributed by atoms with Gasteiger partial charge in [0, 0.05) is 31.7 Å². The Morgan fingerprint density at radius 2 is 2.07 bits per heavy atom. The van der Waals surface area contributed by atoms with E-state index in [4.69, 9.17) is 17.3 Å². The highest BCUT2D eigenvalue weighted by atomic mass is 35.5. The monoisotopic (exact) mass is 447 g/mol. The molecule has 4 atom stereocenters. The van der Waals surface area contributed by atoms with Crippen molar-refractivity contribution in [3.8, 4) is 0 Å². The average Bonchev–Trinajstić information content (AvgIpc) is 3.24. The summed E-state index contributed by atoms with van der Waals surface area (Å²) in [5.41, 5.74) is 5.03. The Kier molecular flexibility index (Phi) is 5.82. The van der Waals surface area contributed by atoms with Gasteiger partial charge in [-0.15, -0.1) is 12.4 Å². The third kappa shape index (κ3) is 3.47. The molecule has 1 aliphatic heterocycles. The summed E-state index contributed by atoms with van der Waals surface area (Å²) in [4.78, 5) is 25.8. The van der Waals surface area contributed by atoms with Gasteiger partial charge in [0.25, 0.3) is 0 Å². The van der Waals surface area contributed by atoms with Crippen molar-refractivity contribution in [3.63, 3.8) is 0 Å². The van der Waals surface area contributed by atoms with Crippen molar-refractivity contribution in [1.82, 2.24) is 4.57 Å². The number of aromatic nitrogens is 1. The van der Waals surface area contributed by atoms with Crippen LogP contribution in [0, 0.1) is 11.7 Å². The van der Waals surface area contributed by atoms with Crippen LogP contribution >= 0.6 is 24.0 Å². The highest BCUT2D eigenvalue weighted by molar-refractivity contribution is 6.38. The Labute approximate surface area is 176 Å². The fourth-order valence-corrected chi connectivity index (χ4v) is 4.50. The minimum atomic E-state index is -1.45. The largest absolute Gasteiger partial charge is 0.477 e. The molecule has 6 nitrogen and oxygen atoms in total. The van der Waals surface area contributed by atoms with Crippen LogP contribution in [0.15, 0.2) is 17.1 Å². The molecule has 1 aromatic carbocycles. The molecule has 1 aliphatic carbocycles. The Morgan fingerprint density at radius 3 is 2.59 bits per heavy atom. The van der Waals surface area contributed by atoms with E-state index < -0.39 is 35.0 Å². The molecule has 0 bridgehead atoms. The summed E-state index contributed by atoms with van der Waals surface area (Å²) in [6.45, 7) is 2.94. The number of alkyl halides is 1. The predicted molar refractivity (Wildman–Crippen MR) is 110 cm³/mol. The molecule has 158 valence electrons. The van der Waals surface area contributed by atoms with E-state index in [2.05, 4.69) is 0 Å². The Balaban J connectivity index is 0.00000240. The maximum atomic E-state index is 15.0. The molecule has 2 aliphatic rings. The number of hydrogen-bond donors (Lipinski definition) is 2. The summed E-state index contributed by atoms with van der Waals surface area (Å²) in [7, 11) is 0. The van der Waals surface area contributed by atoms with Crippen LogP contribution in [0.4, 0.5) is 14.5 Å². The highest BCUT2D eigenvalue weighted by Gasteiger charge is 2.41. The molecule has 0 amide bonds. The number of carboxylic acid groups (broad SMARTS) is 1. The maximum absolute atomic E-state index is 15.0. The van der Waals surface area contributed by atoms with Gasteiger partial charge in [-0.3, -0.25) is 4.79 Å². The van der Waals surface area contributed by atoms with Crippen molar-refractivity contribution >= 4 is 46.6 Å². The van der Waals surface area contributed by atoms with Crippen LogP contribution < -0.4 is 16.1 Å². The third-order valence-electron chi connectivity index (χ3n) is 5.78. The lowest BCUT2D eigenvalue weighted by Crippen LogP contribution is -2.29. The van der Waals surface area contributed by atoms with Crippen LogP contribution in [-0.2, 0) is 0 Å². The molecule has 1 saturated heterocycles. The SMILES string of the molecule is CCC1CN(c2c(F)cc3c(=O)c(C(=O)O)cn([C@@H]4C[C@@H]4F)c3c2Cl)CC1N.Cl. The lowest BCUT2D eigenvalue weighted by Gasteiger charge is -2.23. The first kappa shape index (κ1) is 21.8. The summed E-state index contributed by atoms with van der Waals surface area (Å²) in [6, 6.07) is 0.245. The molecule has 1 aromatic heterocycles. The lowest BCUT2D eigenvalue weighted by atomic mass is 10.0. The van der Waals surface area contributed by atoms with Gasteiger partial charge in [0.1, 0.15) is 17.6 Å². The van der Waals surface area contributed by atoms with E-state index in [9.17, 15) is 23.5 Å². The minimum Gasteiger partial charge on any atom is -0.477 e. The van der Waals surface area contributed by atoms with Gasteiger partial charge in [-0.25, -0.2) is 13.6 Å². The molecule has 0 spiro atoms. The summed E-state index contributed by atoms with van der Waals surface area (Å²) in [6.07, 6.45) is 0.964. The van der Waals surface area contributed by atoms with Crippen LogP contribution in [0.25, 0.3) is 10.9 Å². The van der Waals surface area contributed by atoms with Gasteiger partial charge >= 0.3 is 5.97 Å². The molecule has 1 saturated carbocycles. The Bertz CT molecular complexity index is 1050. The number of nitrogens with zero attached hydrogens (tertiary/aromatic N) is 2. The van der Waals surface area contributed by atoms with Crippen molar-refractivity contribution in [2.24, 2.45) is 11.7 Å². The standard InChI is InChI=1S/C19H20ClF2N3O3.ClH/c1-2-8-5-24(7-13(8)23)17-12(22)3-9-16(15(17)20)25(14-4-11(14)21)6-10(18(9)26)19(27)28;/h3,6,8,11,13-14H,2,4-5,7,23H2,1H3,(H,27,28);1H/t8?,11-,13?,14+;/m0./s1. The van der Waals surface area contributed by atoms with E-state index in [-0.39, 0.29) is 52.4 Å². The van der Waals surface area contributed by atoms with Crippen molar-refractivity contribution in [2.45, 2.75) is 38.0 Å². The van der Waals surface area contributed by atoms with Gasteiger partial charge in [-0.05, 0) is 12.0 Å². The second-order valence-electron chi connectivity index (χ2n) is 7.56. The third-order valence-corrected chi connectivity index (χ3v) is 6.14. The number of benzene rings is 1. The van der Waals surface area contributed by atoms with E-state index >= 15 is 0 Å². The van der Waals surface area contributed by atoms with Crippen molar-refractivity contribution in [1.29, 1.82) is 0 Å². The summed E-state index contributed by atoms with van der Waals surface area (Å²) < 4.78 is 30.1. The zero-order chi connectivity index (χ0) is 20.3. The zero-order valence-corrected chi connectivity index (χ0v) is 17.1. The van der Waals surface area contributed by atoms with Crippen LogP contribution in [0.5, 0.6) is 0 Å². The Morgan fingerprint density at radius 1 is 1.41 bits per heavy atom. The number of pyridine rings is 1. The number of carboxylic acids is 1. The van der Waals surface area contributed by atoms with Gasteiger partial charge in [-0.1, -0.05) is 24.9 Å². The second-order valence-corrected chi connectivity index (χ2v) is 7.94. The number of fused-ring (bicyclic) bond motifs is 1. The maximum Gasteiger partial charge on any atom is 0.341 e. The molecular formula is C19H21Cl2F2N3O3. The van der Waals surface area contributed by atoms with E-state index in [1.807, 2.05) is 6.92 Å². The first-order valence-corrected chi connectivity index (χ1v) is 9.57. The topological polar surface area (TPSA) is 88.6 Å². The zero-order valence-electron chi connectivity index (χ0n) is 15.6. The number of carbonyl (C=O) groups is 1. The van der Waals surface area contributed by atoms with Gasteiger partial charge < -0.3 is 20.3 Å². The fourth-order valence-electron chi connectivity index (χ4n) is 4.09.